The van der Waals surface area contributed by atoms with Gasteiger partial charge in [0.25, 0.3) is 0 Å². The van der Waals surface area contributed by atoms with Gasteiger partial charge in [-0.25, -0.2) is 13.1 Å². The predicted molar refractivity (Wildman–Crippen MR) is 98.2 cm³/mol. The summed E-state index contributed by atoms with van der Waals surface area (Å²) in [5, 5.41) is 0. The molecule has 2 aromatic rings. The average molecular weight is 365 g/mol. The molecule has 1 heterocycles. The van der Waals surface area contributed by atoms with Crippen LogP contribution < -0.4 is 9.46 Å². The van der Waals surface area contributed by atoms with Gasteiger partial charge in [-0.1, -0.05) is 32.6 Å². The van der Waals surface area contributed by atoms with Crippen LogP contribution in [0.25, 0.3) is 0 Å². The third-order valence-electron chi connectivity index (χ3n) is 3.98. The monoisotopic (exact) mass is 365 g/mol. The third kappa shape index (κ3) is 6.21. The highest BCUT2D eigenvalue weighted by atomic mass is 32.2. The molecule has 0 saturated heterocycles. The minimum absolute atomic E-state index is 0.129. The van der Waals surface area contributed by atoms with E-state index >= 15 is 0 Å². The lowest BCUT2D eigenvalue weighted by Crippen LogP contribution is -2.23. The van der Waals surface area contributed by atoms with Crippen molar-refractivity contribution in [2.45, 2.75) is 57.4 Å². The maximum Gasteiger partial charge on any atom is 0.240 e. The minimum atomic E-state index is -3.58. The highest BCUT2D eigenvalue weighted by molar-refractivity contribution is 7.89. The van der Waals surface area contributed by atoms with Crippen LogP contribution in [0.3, 0.4) is 0 Å². The number of hydrogen-bond acceptors (Lipinski definition) is 4. The topological polar surface area (TPSA) is 68.5 Å². The maximum atomic E-state index is 12.4. The summed E-state index contributed by atoms with van der Waals surface area (Å²) < 4.78 is 38.2. The van der Waals surface area contributed by atoms with E-state index < -0.39 is 10.0 Å². The highest BCUT2D eigenvalue weighted by Gasteiger charge is 2.16. The number of furan rings is 1. The first-order valence-corrected chi connectivity index (χ1v) is 10.3. The lowest BCUT2D eigenvalue weighted by Gasteiger charge is -2.11. The summed E-state index contributed by atoms with van der Waals surface area (Å²) in [7, 11) is -3.58. The lowest BCUT2D eigenvalue weighted by atomic mass is 10.2. The Bertz CT molecular complexity index is 739. The maximum absolute atomic E-state index is 12.4. The number of nitrogens with one attached hydrogen (secondary N) is 1. The Morgan fingerprint density at radius 3 is 2.60 bits per heavy atom. The fourth-order valence-corrected chi connectivity index (χ4v) is 3.58. The molecule has 5 nitrogen and oxygen atoms in total. The first kappa shape index (κ1) is 19.5. The Morgan fingerprint density at radius 1 is 1.12 bits per heavy atom. The molecule has 0 aliphatic rings. The van der Waals surface area contributed by atoms with Crippen LogP contribution in [0.2, 0.25) is 0 Å². The number of aryl methyl sites for hydroxylation is 1. The summed E-state index contributed by atoms with van der Waals surface area (Å²) in [6, 6.07) is 8.39. The molecule has 0 atom stereocenters. The minimum Gasteiger partial charge on any atom is -0.493 e. The van der Waals surface area contributed by atoms with Crippen LogP contribution in [-0.2, 0) is 16.6 Å². The Hall–Kier alpha value is -1.79. The van der Waals surface area contributed by atoms with E-state index in [0.29, 0.717) is 12.4 Å². The molecule has 0 spiro atoms. The molecule has 25 heavy (non-hydrogen) atoms. The summed E-state index contributed by atoms with van der Waals surface area (Å²) in [6.07, 6.45) is 7.42. The van der Waals surface area contributed by atoms with Crippen LogP contribution in [0.5, 0.6) is 5.75 Å². The van der Waals surface area contributed by atoms with Crippen molar-refractivity contribution in [1.29, 1.82) is 0 Å². The van der Waals surface area contributed by atoms with Gasteiger partial charge in [-0.2, -0.15) is 0 Å². The molecule has 2 rings (SSSR count). The zero-order valence-corrected chi connectivity index (χ0v) is 15.8. The molecule has 0 bridgehead atoms. The van der Waals surface area contributed by atoms with Gasteiger partial charge in [0.15, 0.2) is 0 Å². The summed E-state index contributed by atoms with van der Waals surface area (Å²) >= 11 is 0. The Kier molecular flexibility index (Phi) is 7.52. The van der Waals surface area contributed by atoms with Crippen LogP contribution >= 0.6 is 0 Å². The van der Waals surface area contributed by atoms with E-state index in [2.05, 4.69) is 11.6 Å². The van der Waals surface area contributed by atoms with Gasteiger partial charge in [-0.3, -0.25) is 0 Å². The molecule has 0 aliphatic carbocycles. The number of rotatable bonds is 11. The fourth-order valence-electron chi connectivity index (χ4n) is 2.50. The quantitative estimate of drug-likeness (QED) is 0.599. The van der Waals surface area contributed by atoms with Crippen molar-refractivity contribution < 1.29 is 17.6 Å². The summed E-state index contributed by atoms with van der Waals surface area (Å²) in [6.45, 7) is 4.84. The van der Waals surface area contributed by atoms with Crippen LogP contribution in [0.15, 0.2) is 45.9 Å². The molecule has 0 radical (unpaired) electrons. The Balaban J connectivity index is 1.89. The van der Waals surface area contributed by atoms with Crippen LogP contribution in [0.1, 0.15) is 50.4 Å². The second kappa shape index (κ2) is 9.63. The van der Waals surface area contributed by atoms with Gasteiger partial charge in [-0.05, 0) is 49.2 Å². The molecule has 0 unspecified atom stereocenters. The zero-order chi connectivity index (χ0) is 18.1. The number of unbranched alkanes of at least 4 members (excludes halogenated alkanes) is 4. The molecule has 1 aromatic carbocycles. The van der Waals surface area contributed by atoms with Gasteiger partial charge in [0.2, 0.25) is 10.0 Å². The zero-order valence-electron chi connectivity index (χ0n) is 15.0. The first-order valence-electron chi connectivity index (χ1n) is 8.78. The fraction of sp³-hybridized carbons (Fsp3) is 0.474. The Labute approximate surface area is 150 Å². The number of benzene rings is 1. The van der Waals surface area contributed by atoms with Crippen molar-refractivity contribution in [2.24, 2.45) is 0 Å². The highest BCUT2D eigenvalue weighted by Crippen LogP contribution is 2.22. The number of ether oxygens (including phenoxy) is 1. The SMILES string of the molecule is CCCCCCCOc1ccc(S(=O)(=O)NCc2ccco2)cc1C. The first-order chi connectivity index (χ1) is 12.0. The summed E-state index contributed by atoms with van der Waals surface area (Å²) in [4.78, 5) is 0.229. The van der Waals surface area contributed by atoms with Crippen LogP contribution in [0, 0.1) is 6.92 Å². The van der Waals surface area contributed by atoms with E-state index in [1.165, 1.54) is 25.5 Å². The molecule has 6 heteroatoms. The van der Waals surface area contributed by atoms with Crippen molar-refractivity contribution >= 4 is 10.0 Å². The average Bonchev–Trinajstić information content (AvgIpc) is 3.11. The number of sulfonamides is 1. The van der Waals surface area contributed by atoms with Crippen molar-refractivity contribution in [2.75, 3.05) is 6.61 Å². The summed E-state index contributed by atoms with van der Waals surface area (Å²) in [5.41, 5.74) is 0.814. The van der Waals surface area contributed by atoms with E-state index in [4.69, 9.17) is 9.15 Å². The van der Waals surface area contributed by atoms with Crippen LogP contribution in [0.4, 0.5) is 0 Å². The second-order valence-corrected chi connectivity index (χ2v) is 7.86. The van der Waals surface area contributed by atoms with Crippen molar-refractivity contribution in [1.82, 2.24) is 4.72 Å². The van der Waals surface area contributed by atoms with E-state index in [1.807, 2.05) is 6.92 Å². The molecule has 0 amide bonds. The molecular formula is C19H27NO4S. The van der Waals surface area contributed by atoms with Gasteiger partial charge in [0.1, 0.15) is 11.5 Å². The van der Waals surface area contributed by atoms with E-state index in [0.717, 1.165) is 24.2 Å². The number of hydrogen-bond donors (Lipinski definition) is 1. The van der Waals surface area contributed by atoms with E-state index in [9.17, 15) is 8.42 Å². The predicted octanol–water partition coefficient (Wildman–Crippen LogP) is 4.42. The Morgan fingerprint density at radius 2 is 1.92 bits per heavy atom. The van der Waals surface area contributed by atoms with E-state index in [-0.39, 0.29) is 11.4 Å². The molecular weight excluding hydrogens is 338 g/mol. The normalized spacial score (nSPS) is 11.6. The van der Waals surface area contributed by atoms with Gasteiger partial charge in [0.05, 0.1) is 24.3 Å². The van der Waals surface area contributed by atoms with Crippen LogP contribution in [-0.4, -0.2) is 15.0 Å². The third-order valence-corrected chi connectivity index (χ3v) is 5.38. The van der Waals surface area contributed by atoms with Crippen molar-refractivity contribution in [3.05, 3.63) is 47.9 Å². The molecule has 0 fully saturated rings. The standard InChI is InChI=1S/C19H27NO4S/c1-3-4-5-6-7-12-24-19-11-10-18(14-16(19)2)25(21,22)20-15-17-9-8-13-23-17/h8-11,13-14,20H,3-7,12,15H2,1-2H3. The molecule has 0 saturated carbocycles. The summed E-state index contributed by atoms with van der Waals surface area (Å²) in [5.74, 6) is 1.31. The second-order valence-electron chi connectivity index (χ2n) is 6.09. The molecule has 1 N–H and O–H groups in total. The molecule has 138 valence electrons. The molecule has 1 aromatic heterocycles. The molecule has 0 aliphatic heterocycles. The largest absolute Gasteiger partial charge is 0.493 e. The smallest absolute Gasteiger partial charge is 0.240 e. The van der Waals surface area contributed by atoms with Gasteiger partial charge < -0.3 is 9.15 Å². The lowest BCUT2D eigenvalue weighted by molar-refractivity contribution is 0.302. The van der Waals surface area contributed by atoms with Crippen molar-refractivity contribution in [3.8, 4) is 5.75 Å². The van der Waals surface area contributed by atoms with Crippen molar-refractivity contribution in [3.63, 3.8) is 0 Å². The van der Waals surface area contributed by atoms with E-state index in [1.54, 1.807) is 30.3 Å². The van der Waals surface area contributed by atoms with Gasteiger partial charge in [-0.15, -0.1) is 0 Å². The van der Waals surface area contributed by atoms with Gasteiger partial charge in [0, 0.05) is 0 Å². The van der Waals surface area contributed by atoms with Gasteiger partial charge >= 0.3 is 0 Å².